The molecule has 1 rings (SSSR count). The molecule has 0 saturated heterocycles. The van der Waals surface area contributed by atoms with Crippen molar-refractivity contribution in [1.82, 2.24) is 0 Å². The van der Waals surface area contributed by atoms with Gasteiger partial charge in [-0.1, -0.05) is 11.6 Å². The van der Waals surface area contributed by atoms with Crippen LogP contribution in [0.25, 0.3) is 0 Å². The Labute approximate surface area is 81.7 Å². The molecule has 13 heavy (non-hydrogen) atoms. The van der Waals surface area contributed by atoms with Crippen molar-refractivity contribution in [2.45, 2.75) is 13.3 Å². The van der Waals surface area contributed by atoms with E-state index < -0.39 is 0 Å². The van der Waals surface area contributed by atoms with E-state index in [-0.39, 0.29) is 12.2 Å². The van der Waals surface area contributed by atoms with Gasteiger partial charge in [-0.05, 0) is 30.7 Å². The van der Waals surface area contributed by atoms with Crippen molar-refractivity contribution in [2.24, 2.45) is 0 Å². The molecule has 0 bridgehead atoms. The van der Waals surface area contributed by atoms with E-state index in [1.807, 2.05) is 6.07 Å². The Morgan fingerprint density at radius 3 is 2.85 bits per heavy atom. The van der Waals surface area contributed by atoms with Crippen LogP contribution in [-0.4, -0.2) is 5.78 Å². The first-order valence-electron chi connectivity index (χ1n) is 3.81. The van der Waals surface area contributed by atoms with Crippen LogP contribution in [0.3, 0.4) is 0 Å². The van der Waals surface area contributed by atoms with Gasteiger partial charge in [-0.2, -0.15) is 5.26 Å². The average molecular weight is 194 g/mol. The molecule has 0 N–H and O–H groups in total. The molecule has 0 spiro atoms. The van der Waals surface area contributed by atoms with E-state index in [9.17, 15) is 4.79 Å². The van der Waals surface area contributed by atoms with Crippen molar-refractivity contribution in [3.8, 4) is 6.07 Å². The summed E-state index contributed by atoms with van der Waals surface area (Å²) in [6.07, 6.45) is 0.236. The predicted octanol–water partition coefficient (Wildman–Crippen LogP) is 2.61. The van der Waals surface area contributed by atoms with Gasteiger partial charge >= 0.3 is 0 Å². The molecule has 3 heteroatoms. The fourth-order valence-electron chi connectivity index (χ4n) is 1.01. The first kappa shape index (κ1) is 9.76. The van der Waals surface area contributed by atoms with E-state index in [1.165, 1.54) is 6.92 Å². The molecular weight excluding hydrogens is 186 g/mol. The Bertz CT molecular complexity index is 379. The minimum absolute atomic E-state index is 0.0177. The topological polar surface area (TPSA) is 40.9 Å². The van der Waals surface area contributed by atoms with Gasteiger partial charge in [0.1, 0.15) is 0 Å². The molecule has 1 aromatic rings. The Hall–Kier alpha value is -1.33. The van der Waals surface area contributed by atoms with E-state index in [0.717, 1.165) is 0 Å². The molecule has 0 aromatic heterocycles. The lowest BCUT2D eigenvalue weighted by molar-refractivity contribution is 0.101. The largest absolute Gasteiger partial charge is 0.295 e. The smallest absolute Gasteiger partial charge is 0.159 e. The zero-order chi connectivity index (χ0) is 9.84. The second kappa shape index (κ2) is 4.06. The van der Waals surface area contributed by atoms with E-state index in [0.29, 0.717) is 16.1 Å². The van der Waals surface area contributed by atoms with Gasteiger partial charge in [0.15, 0.2) is 5.78 Å². The monoisotopic (exact) mass is 193 g/mol. The number of nitrogens with zero attached hydrogens (tertiary/aromatic N) is 1. The molecule has 0 heterocycles. The summed E-state index contributed by atoms with van der Waals surface area (Å²) in [5, 5.41) is 9.01. The Kier molecular flexibility index (Phi) is 3.05. The third kappa shape index (κ3) is 2.30. The van der Waals surface area contributed by atoms with Crippen molar-refractivity contribution in [1.29, 1.82) is 5.26 Å². The van der Waals surface area contributed by atoms with Crippen LogP contribution in [0.5, 0.6) is 0 Å². The summed E-state index contributed by atoms with van der Waals surface area (Å²) in [6, 6.07) is 6.96. The van der Waals surface area contributed by atoms with E-state index in [4.69, 9.17) is 16.9 Å². The first-order chi connectivity index (χ1) is 6.15. The summed E-state index contributed by atoms with van der Waals surface area (Å²) >= 11 is 5.82. The van der Waals surface area contributed by atoms with Crippen LogP contribution in [-0.2, 0) is 6.42 Å². The number of rotatable bonds is 2. The van der Waals surface area contributed by atoms with Crippen LogP contribution in [0.15, 0.2) is 18.2 Å². The summed E-state index contributed by atoms with van der Waals surface area (Å²) in [6.45, 7) is 1.49. The summed E-state index contributed by atoms with van der Waals surface area (Å²) in [5.41, 5.74) is 1.30. The Morgan fingerprint density at radius 1 is 1.62 bits per heavy atom. The normalized spacial score (nSPS) is 9.31. The van der Waals surface area contributed by atoms with Crippen molar-refractivity contribution in [3.63, 3.8) is 0 Å². The highest BCUT2D eigenvalue weighted by molar-refractivity contribution is 6.31. The maximum atomic E-state index is 11.0. The maximum absolute atomic E-state index is 11.0. The van der Waals surface area contributed by atoms with Gasteiger partial charge in [-0.3, -0.25) is 4.79 Å². The third-order valence-corrected chi connectivity index (χ3v) is 2.09. The lowest BCUT2D eigenvalue weighted by Crippen LogP contribution is -1.94. The highest BCUT2D eigenvalue weighted by atomic mass is 35.5. The molecule has 2 nitrogen and oxygen atoms in total. The van der Waals surface area contributed by atoms with Gasteiger partial charge in [0.2, 0.25) is 0 Å². The van der Waals surface area contributed by atoms with Gasteiger partial charge in [0.05, 0.1) is 12.5 Å². The molecule has 0 atom stereocenters. The number of carbonyl (C=O) groups excluding carboxylic acids is 1. The lowest BCUT2D eigenvalue weighted by Gasteiger charge is -2.01. The quantitative estimate of drug-likeness (QED) is 0.678. The van der Waals surface area contributed by atoms with Gasteiger partial charge < -0.3 is 0 Å². The van der Waals surface area contributed by atoms with Gasteiger partial charge in [0.25, 0.3) is 0 Å². The molecule has 0 aliphatic carbocycles. The summed E-state index contributed by atoms with van der Waals surface area (Å²) in [4.78, 5) is 11.0. The number of Topliss-reactive ketones (excluding diaryl/α,β-unsaturated/α-hetero) is 1. The Morgan fingerprint density at radius 2 is 2.31 bits per heavy atom. The summed E-state index contributed by atoms with van der Waals surface area (Å²) in [7, 11) is 0. The maximum Gasteiger partial charge on any atom is 0.159 e. The highest BCUT2D eigenvalue weighted by Gasteiger charge is 2.04. The van der Waals surface area contributed by atoms with Crippen molar-refractivity contribution in [2.75, 3.05) is 0 Å². The average Bonchev–Trinajstić information content (AvgIpc) is 2.08. The number of nitriles is 1. The highest BCUT2D eigenvalue weighted by Crippen LogP contribution is 2.18. The molecule has 0 amide bonds. The zero-order valence-electron chi connectivity index (χ0n) is 7.17. The molecule has 0 unspecified atom stereocenters. The van der Waals surface area contributed by atoms with Crippen LogP contribution >= 0.6 is 11.6 Å². The molecule has 1 aromatic carbocycles. The molecule has 0 aliphatic rings. The van der Waals surface area contributed by atoms with Gasteiger partial charge in [-0.25, -0.2) is 0 Å². The molecule has 0 fully saturated rings. The van der Waals surface area contributed by atoms with Gasteiger partial charge in [-0.15, -0.1) is 0 Å². The van der Waals surface area contributed by atoms with Crippen LogP contribution in [0.2, 0.25) is 5.02 Å². The predicted molar refractivity (Wildman–Crippen MR) is 50.8 cm³/mol. The van der Waals surface area contributed by atoms with Crippen LogP contribution in [0.4, 0.5) is 0 Å². The van der Waals surface area contributed by atoms with Crippen molar-refractivity contribution < 1.29 is 4.79 Å². The second-order valence-corrected chi connectivity index (χ2v) is 3.10. The number of carbonyl (C=O) groups is 1. The number of benzene rings is 1. The minimum Gasteiger partial charge on any atom is -0.295 e. The fraction of sp³-hybridized carbons (Fsp3) is 0.200. The van der Waals surface area contributed by atoms with Crippen molar-refractivity contribution in [3.05, 3.63) is 34.3 Å². The second-order valence-electron chi connectivity index (χ2n) is 2.70. The third-order valence-electron chi connectivity index (χ3n) is 1.72. The molecule has 0 aliphatic heterocycles. The first-order valence-corrected chi connectivity index (χ1v) is 4.19. The zero-order valence-corrected chi connectivity index (χ0v) is 7.93. The van der Waals surface area contributed by atoms with Gasteiger partial charge in [0, 0.05) is 10.6 Å². The molecule has 0 radical (unpaired) electrons. The standard InChI is InChI=1S/C10H8ClNO/c1-7(13)8-2-3-10(11)9(6-8)4-5-12/h2-3,6H,4H2,1H3. The molecule has 66 valence electrons. The molecular formula is C10H8ClNO. The lowest BCUT2D eigenvalue weighted by atomic mass is 10.1. The van der Waals surface area contributed by atoms with E-state index in [2.05, 4.69) is 0 Å². The summed E-state index contributed by atoms with van der Waals surface area (Å²) in [5.74, 6) is -0.0177. The summed E-state index contributed by atoms with van der Waals surface area (Å²) < 4.78 is 0. The number of hydrogen-bond donors (Lipinski definition) is 0. The number of halogens is 1. The van der Waals surface area contributed by atoms with E-state index >= 15 is 0 Å². The van der Waals surface area contributed by atoms with Crippen molar-refractivity contribution >= 4 is 17.4 Å². The van der Waals surface area contributed by atoms with Crippen LogP contribution in [0.1, 0.15) is 22.8 Å². The molecule has 0 saturated carbocycles. The minimum atomic E-state index is -0.0177. The fourth-order valence-corrected chi connectivity index (χ4v) is 1.20. The van der Waals surface area contributed by atoms with Crippen LogP contribution in [0, 0.1) is 11.3 Å². The Balaban J connectivity index is 3.12. The number of hydrogen-bond acceptors (Lipinski definition) is 2. The SMILES string of the molecule is CC(=O)c1ccc(Cl)c(CC#N)c1. The van der Waals surface area contributed by atoms with Crippen LogP contribution < -0.4 is 0 Å². The number of ketones is 1. The van der Waals surface area contributed by atoms with E-state index in [1.54, 1.807) is 18.2 Å².